The van der Waals surface area contributed by atoms with Crippen LogP contribution < -0.4 is 5.32 Å². The summed E-state index contributed by atoms with van der Waals surface area (Å²) in [5, 5.41) is 15.8. The topological polar surface area (TPSA) is 70.9 Å². The second-order valence-electron chi connectivity index (χ2n) is 6.36. The largest absolute Gasteiger partial charge is 0.508 e. The number of esters is 1. The van der Waals surface area contributed by atoms with E-state index in [2.05, 4.69) is 10.3 Å². The summed E-state index contributed by atoms with van der Waals surface area (Å²) in [4.78, 5) is 16.9. The van der Waals surface area contributed by atoms with E-state index in [1.807, 2.05) is 30.3 Å². The van der Waals surface area contributed by atoms with E-state index < -0.39 is 12.0 Å². The maximum Gasteiger partial charge on any atom is 0.317 e. The zero-order chi connectivity index (χ0) is 18.1. The predicted octanol–water partition coefficient (Wildman–Crippen LogP) is 3.50. The van der Waals surface area contributed by atoms with Gasteiger partial charge in [-0.1, -0.05) is 30.3 Å². The van der Waals surface area contributed by atoms with Gasteiger partial charge >= 0.3 is 5.97 Å². The molecule has 0 amide bonds. The lowest BCUT2D eigenvalue weighted by molar-refractivity contribution is -0.150. The third-order valence-corrected chi connectivity index (χ3v) is 4.41. The van der Waals surface area contributed by atoms with Crippen molar-refractivity contribution in [2.45, 2.75) is 32.9 Å². The Morgan fingerprint density at radius 1 is 1.28 bits per heavy atom. The average molecular weight is 356 g/mol. The molecule has 6 heteroatoms. The first-order chi connectivity index (χ1) is 11.9. The minimum Gasteiger partial charge on any atom is -0.508 e. The van der Waals surface area contributed by atoms with E-state index in [1.54, 1.807) is 26.8 Å². The van der Waals surface area contributed by atoms with Crippen LogP contribution in [0, 0.1) is 5.92 Å². The fourth-order valence-electron chi connectivity index (χ4n) is 3.18. The Balaban J connectivity index is 2.16. The first-order valence-electron chi connectivity index (χ1n) is 8.15. The average Bonchev–Trinajstić information content (AvgIpc) is 2.53. The number of nitrogens with one attached hydrogen (secondary N) is 1. The first-order valence-corrected chi connectivity index (χ1v) is 8.56. The molecule has 0 saturated heterocycles. The summed E-state index contributed by atoms with van der Waals surface area (Å²) < 4.78 is 5.41. The summed E-state index contributed by atoms with van der Waals surface area (Å²) in [5.74, 6) is -0.939. The van der Waals surface area contributed by atoms with Crippen LogP contribution >= 0.6 is 12.2 Å². The van der Waals surface area contributed by atoms with Crippen LogP contribution in [0.1, 0.15) is 32.4 Å². The van der Waals surface area contributed by atoms with Gasteiger partial charge in [-0.05, 0) is 49.8 Å². The Bertz CT molecular complexity index is 876. The van der Waals surface area contributed by atoms with Gasteiger partial charge in [-0.2, -0.15) is 0 Å². The molecule has 0 saturated carbocycles. The minimum atomic E-state index is -0.661. The molecule has 2 atom stereocenters. The summed E-state index contributed by atoms with van der Waals surface area (Å²) in [6.45, 7) is 5.36. The van der Waals surface area contributed by atoms with Gasteiger partial charge in [0.05, 0.1) is 12.1 Å². The highest BCUT2D eigenvalue weighted by atomic mass is 32.1. The molecule has 2 N–H and O–H groups in total. The molecule has 5 nitrogen and oxygen atoms in total. The summed E-state index contributed by atoms with van der Waals surface area (Å²) in [6, 6.07) is 10.6. The number of thiocarbonyl (C=S) groups is 1. The third kappa shape index (κ3) is 3.35. The molecule has 0 fully saturated rings. The Labute approximate surface area is 151 Å². The van der Waals surface area contributed by atoms with Crippen molar-refractivity contribution in [3.8, 4) is 5.75 Å². The highest BCUT2D eigenvalue weighted by molar-refractivity contribution is 7.80. The summed E-state index contributed by atoms with van der Waals surface area (Å²) in [7, 11) is 0. The summed E-state index contributed by atoms with van der Waals surface area (Å²) in [6.07, 6.45) is -0.240. The van der Waals surface area contributed by atoms with Gasteiger partial charge in [-0.25, -0.2) is 4.99 Å². The van der Waals surface area contributed by atoms with Crippen LogP contribution in [-0.2, 0) is 9.53 Å². The van der Waals surface area contributed by atoms with E-state index in [9.17, 15) is 9.90 Å². The monoisotopic (exact) mass is 356 g/mol. The molecule has 3 rings (SSSR count). The maximum atomic E-state index is 12.7. The van der Waals surface area contributed by atoms with Gasteiger partial charge in [0.15, 0.2) is 5.11 Å². The number of carbonyl (C=O) groups excluding carboxylic acids is 1. The fourth-order valence-corrected chi connectivity index (χ4v) is 3.45. The molecule has 2 aromatic rings. The van der Waals surface area contributed by atoms with E-state index in [1.165, 1.54) is 0 Å². The van der Waals surface area contributed by atoms with Crippen LogP contribution in [0.3, 0.4) is 0 Å². The lowest BCUT2D eigenvalue weighted by Crippen LogP contribution is -2.44. The van der Waals surface area contributed by atoms with Crippen LogP contribution in [-0.4, -0.2) is 28.0 Å². The standard InChI is InChI=1S/C19H20N2O3S/c1-10(2)24-18(23)15-11(3)20-19(25)21-17(15)16-13-7-5-4-6-12(13)8-9-14(16)22/h4-10,15,17,22H,1-3H3,(H,21,25). The van der Waals surface area contributed by atoms with Crippen LogP contribution in [0.15, 0.2) is 41.4 Å². The first kappa shape index (κ1) is 17.4. The van der Waals surface area contributed by atoms with Gasteiger partial charge < -0.3 is 15.2 Å². The number of benzene rings is 2. The Morgan fingerprint density at radius 3 is 2.72 bits per heavy atom. The van der Waals surface area contributed by atoms with E-state index in [4.69, 9.17) is 17.0 Å². The van der Waals surface area contributed by atoms with Crippen molar-refractivity contribution in [2.75, 3.05) is 0 Å². The molecule has 0 aliphatic carbocycles. The lowest BCUT2D eigenvalue weighted by atomic mass is 9.85. The molecule has 0 bridgehead atoms. The van der Waals surface area contributed by atoms with E-state index in [0.29, 0.717) is 16.4 Å². The molecule has 0 aromatic heterocycles. The number of hydrogen-bond donors (Lipinski definition) is 2. The molecule has 130 valence electrons. The molecule has 2 unspecified atom stereocenters. The number of hydrogen-bond acceptors (Lipinski definition) is 4. The Kier molecular flexibility index (Phi) is 4.72. The number of phenolic OH excluding ortho intramolecular Hbond substituents is 1. The zero-order valence-electron chi connectivity index (χ0n) is 14.3. The minimum absolute atomic E-state index is 0.107. The van der Waals surface area contributed by atoms with Gasteiger partial charge in [0.25, 0.3) is 0 Å². The SMILES string of the molecule is CC1=NC(=S)NC(c2c(O)ccc3ccccc23)C1C(=O)OC(C)C. The smallest absolute Gasteiger partial charge is 0.317 e. The summed E-state index contributed by atoms with van der Waals surface area (Å²) >= 11 is 5.22. The molecule has 0 radical (unpaired) electrons. The lowest BCUT2D eigenvalue weighted by Gasteiger charge is -2.32. The van der Waals surface area contributed by atoms with Crippen LogP contribution in [0.25, 0.3) is 10.8 Å². The molecule has 1 aliphatic heterocycles. The number of aliphatic imine (C=N–C) groups is 1. The highest BCUT2D eigenvalue weighted by Gasteiger charge is 2.39. The molecule has 1 heterocycles. The van der Waals surface area contributed by atoms with Gasteiger partial charge in [-0.15, -0.1) is 0 Å². The molecule has 2 aromatic carbocycles. The molecular weight excluding hydrogens is 336 g/mol. The fraction of sp³-hybridized carbons (Fsp3) is 0.316. The predicted molar refractivity (Wildman–Crippen MR) is 102 cm³/mol. The second kappa shape index (κ2) is 6.80. The van der Waals surface area contributed by atoms with Gasteiger partial charge in [-0.3, -0.25) is 4.79 Å². The molecule has 1 aliphatic rings. The number of ether oxygens (including phenoxy) is 1. The number of aromatic hydroxyl groups is 1. The summed E-state index contributed by atoms with van der Waals surface area (Å²) in [5.41, 5.74) is 1.20. The van der Waals surface area contributed by atoms with Crippen molar-refractivity contribution < 1.29 is 14.6 Å². The van der Waals surface area contributed by atoms with Crippen LogP contribution in [0.5, 0.6) is 5.75 Å². The molecule has 25 heavy (non-hydrogen) atoms. The Morgan fingerprint density at radius 2 is 2.00 bits per heavy atom. The van der Waals surface area contributed by atoms with Crippen molar-refractivity contribution in [3.63, 3.8) is 0 Å². The number of carbonyl (C=O) groups is 1. The zero-order valence-corrected chi connectivity index (χ0v) is 15.1. The van der Waals surface area contributed by atoms with Crippen molar-refractivity contribution in [3.05, 3.63) is 42.0 Å². The Hall–Kier alpha value is -2.47. The number of nitrogens with zero attached hydrogens (tertiary/aromatic N) is 1. The van der Waals surface area contributed by atoms with E-state index in [0.717, 1.165) is 10.8 Å². The van der Waals surface area contributed by atoms with Crippen molar-refractivity contribution in [1.82, 2.24) is 5.32 Å². The molecule has 0 spiro atoms. The number of phenols is 1. The van der Waals surface area contributed by atoms with Gasteiger partial charge in [0.1, 0.15) is 11.7 Å². The van der Waals surface area contributed by atoms with Crippen molar-refractivity contribution >= 4 is 39.8 Å². The van der Waals surface area contributed by atoms with Crippen LogP contribution in [0.2, 0.25) is 0 Å². The highest BCUT2D eigenvalue weighted by Crippen LogP contribution is 2.38. The van der Waals surface area contributed by atoms with Gasteiger partial charge in [0.2, 0.25) is 0 Å². The number of rotatable bonds is 3. The third-order valence-electron chi connectivity index (χ3n) is 4.20. The maximum absolute atomic E-state index is 12.7. The number of fused-ring (bicyclic) bond motifs is 1. The molecular formula is C19H20N2O3S. The second-order valence-corrected chi connectivity index (χ2v) is 6.75. The van der Waals surface area contributed by atoms with Crippen molar-refractivity contribution in [2.24, 2.45) is 10.9 Å². The van der Waals surface area contributed by atoms with E-state index in [-0.39, 0.29) is 17.8 Å². The van der Waals surface area contributed by atoms with Gasteiger partial charge in [0, 0.05) is 11.3 Å². The van der Waals surface area contributed by atoms with E-state index >= 15 is 0 Å². The van der Waals surface area contributed by atoms with Crippen LogP contribution in [0.4, 0.5) is 0 Å². The normalized spacial score (nSPS) is 20.3. The van der Waals surface area contributed by atoms with Crippen molar-refractivity contribution in [1.29, 1.82) is 0 Å². The quantitative estimate of drug-likeness (QED) is 0.651.